The number of pyridine rings is 1. The van der Waals surface area contributed by atoms with Crippen molar-refractivity contribution < 1.29 is 9.59 Å². The van der Waals surface area contributed by atoms with Crippen LogP contribution in [-0.4, -0.2) is 62.5 Å². The Labute approximate surface area is 194 Å². The summed E-state index contributed by atoms with van der Waals surface area (Å²) < 4.78 is 0. The van der Waals surface area contributed by atoms with Gasteiger partial charge in [0.25, 0.3) is 5.91 Å². The molecule has 1 fully saturated rings. The molecule has 3 heterocycles. The number of aromatic nitrogens is 3. The van der Waals surface area contributed by atoms with E-state index in [1.807, 2.05) is 61.3 Å². The molecule has 1 aliphatic heterocycles. The second-order valence-corrected chi connectivity index (χ2v) is 8.81. The Morgan fingerprint density at radius 3 is 2.70 bits per heavy atom. The van der Waals surface area contributed by atoms with E-state index in [-0.39, 0.29) is 17.7 Å². The molecule has 4 rings (SSSR count). The Morgan fingerprint density at radius 1 is 1.18 bits per heavy atom. The molecule has 0 bridgehead atoms. The van der Waals surface area contributed by atoms with Crippen LogP contribution >= 0.6 is 0 Å². The molecule has 172 valence electrons. The zero-order chi connectivity index (χ0) is 23.4. The van der Waals surface area contributed by atoms with Crippen LogP contribution in [0, 0.1) is 0 Å². The van der Waals surface area contributed by atoms with Gasteiger partial charge < -0.3 is 9.80 Å². The standard InChI is InChI=1S/C26H31N5O2/c1-4-12-30-13-14-31(25(32)23-16-22(18(2)3)28-29-23)24(26(30)33)15-19-8-5-6-10-21(19)20-9-7-11-27-17-20/h5-11,16-18,24H,4,12-15H2,1-3H3,(H,28,29)/t24-/m1/s1. The summed E-state index contributed by atoms with van der Waals surface area (Å²) in [6.45, 7) is 7.89. The fourth-order valence-electron chi connectivity index (χ4n) is 4.37. The molecule has 1 N–H and O–H groups in total. The van der Waals surface area contributed by atoms with Crippen LogP contribution in [-0.2, 0) is 11.2 Å². The number of hydrogen-bond acceptors (Lipinski definition) is 4. The summed E-state index contributed by atoms with van der Waals surface area (Å²) in [5, 5.41) is 7.21. The number of H-pyrrole nitrogens is 1. The summed E-state index contributed by atoms with van der Waals surface area (Å²) in [5.74, 6) is 0.0350. The molecule has 0 spiro atoms. The summed E-state index contributed by atoms with van der Waals surface area (Å²) in [6, 6.07) is 13.2. The van der Waals surface area contributed by atoms with Crippen LogP contribution in [0.3, 0.4) is 0 Å². The summed E-state index contributed by atoms with van der Waals surface area (Å²) in [6.07, 6.45) is 4.90. The number of benzene rings is 1. The van der Waals surface area contributed by atoms with Gasteiger partial charge in [-0.25, -0.2) is 0 Å². The number of nitrogens with zero attached hydrogens (tertiary/aromatic N) is 4. The predicted octanol–water partition coefficient (Wildman–Crippen LogP) is 3.90. The third-order valence-corrected chi connectivity index (χ3v) is 6.18. The highest BCUT2D eigenvalue weighted by Gasteiger charge is 2.38. The molecule has 33 heavy (non-hydrogen) atoms. The monoisotopic (exact) mass is 445 g/mol. The fraction of sp³-hybridized carbons (Fsp3) is 0.385. The maximum absolute atomic E-state index is 13.5. The molecule has 3 aromatic rings. The van der Waals surface area contributed by atoms with Gasteiger partial charge in [-0.3, -0.25) is 19.7 Å². The van der Waals surface area contributed by atoms with Crippen molar-refractivity contribution >= 4 is 11.8 Å². The van der Waals surface area contributed by atoms with Crippen molar-refractivity contribution in [1.82, 2.24) is 25.0 Å². The minimum Gasteiger partial charge on any atom is -0.339 e. The number of nitrogens with one attached hydrogen (secondary N) is 1. The van der Waals surface area contributed by atoms with Gasteiger partial charge in [0, 0.05) is 49.7 Å². The zero-order valence-electron chi connectivity index (χ0n) is 19.5. The van der Waals surface area contributed by atoms with E-state index in [0.717, 1.165) is 28.8 Å². The average molecular weight is 446 g/mol. The first-order valence-corrected chi connectivity index (χ1v) is 11.6. The third kappa shape index (κ3) is 4.82. The predicted molar refractivity (Wildman–Crippen MR) is 128 cm³/mol. The molecule has 2 aromatic heterocycles. The van der Waals surface area contributed by atoms with Crippen molar-refractivity contribution in [2.75, 3.05) is 19.6 Å². The molecule has 7 heteroatoms. The molecule has 1 aromatic carbocycles. The summed E-state index contributed by atoms with van der Waals surface area (Å²) in [4.78, 5) is 34.8. The quantitative estimate of drug-likeness (QED) is 0.598. The molecule has 0 saturated carbocycles. The van der Waals surface area contributed by atoms with Gasteiger partial charge in [-0.1, -0.05) is 51.1 Å². The SMILES string of the molecule is CCCN1CCN(C(=O)c2cc(C(C)C)[nH]n2)[C@H](Cc2ccccc2-c2cccnc2)C1=O. The Hall–Kier alpha value is -3.48. The normalized spacial score (nSPS) is 16.5. The number of piperazine rings is 1. The molecule has 7 nitrogen and oxygen atoms in total. The van der Waals surface area contributed by atoms with Gasteiger partial charge >= 0.3 is 0 Å². The molecule has 1 aliphatic rings. The van der Waals surface area contributed by atoms with Crippen molar-refractivity contribution in [2.24, 2.45) is 0 Å². The Morgan fingerprint density at radius 2 is 2.00 bits per heavy atom. The minimum absolute atomic E-state index is 0.00272. The molecule has 1 atom stereocenters. The molecular formula is C26H31N5O2. The smallest absolute Gasteiger partial charge is 0.275 e. The van der Waals surface area contributed by atoms with E-state index < -0.39 is 6.04 Å². The number of rotatable bonds is 7. The van der Waals surface area contributed by atoms with Gasteiger partial charge in [-0.2, -0.15) is 5.10 Å². The van der Waals surface area contributed by atoms with Gasteiger partial charge in [0.05, 0.1) is 0 Å². The maximum atomic E-state index is 13.5. The van der Waals surface area contributed by atoms with E-state index in [0.29, 0.717) is 31.7 Å². The highest BCUT2D eigenvalue weighted by molar-refractivity contribution is 5.97. The lowest BCUT2D eigenvalue weighted by molar-refractivity contribution is -0.140. The first-order chi connectivity index (χ1) is 16.0. The van der Waals surface area contributed by atoms with Gasteiger partial charge in [-0.05, 0) is 35.6 Å². The van der Waals surface area contributed by atoms with Crippen molar-refractivity contribution in [2.45, 2.75) is 45.6 Å². The second kappa shape index (κ2) is 9.98. The lowest BCUT2D eigenvalue weighted by Gasteiger charge is -2.40. The molecule has 0 radical (unpaired) electrons. The van der Waals surface area contributed by atoms with Gasteiger partial charge in [-0.15, -0.1) is 0 Å². The molecular weight excluding hydrogens is 414 g/mol. The summed E-state index contributed by atoms with van der Waals surface area (Å²) in [5.41, 5.74) is 4.31. The van der Waals surface area contributed by atoms with Crippen LogP contribution in [0.1, 0.15) is 54.9 Å². The van der Waals surface area contributed by atoms with E-state index in [1.165, 1.54) is 0 Å². The fourth-order valence-corrected chi connectivity index (χ4v) is 4.37. The van der Waals surface area contributed by atoms with Crippen LogP contribution in [0.4, 0.5) is 0 Å². The lowest BCUT2D eigenvalue weighted by Crippen LogP contribution is -2.59. The van der Waals surface area contributed by atoms with Crippen molar-refractivity contribution in [1.29, 1.82) is 0 Å². The summed E-state index contributed by atoms with van der Waals surface area (Å²) >= 11 is 0. The highest BCUT2D eigenvalue weighted by atomic mass is 16.2. The average Bonchev–Trinajstić information content (AvgIpc) is 3.33. The molecule has 0 unspecified atom stereocenters. The van der Waals surface area contributed by atoms with Crippen molar-refractivity contribution in [3.05, 3.63) is 71.8 Å². The minimum atomic E-state index is -0.574. The van der Waals surface area contributed by atoms with Crippen molar-refractivity contribution in [3.8, 4) is 11.1 Å². The highest BCUT2D eigenvalue weighted by Crippen LogP contribution is 2.27. The lowest BCUT2D eigenvalue weighted by atomic mass is 9.93. The van der Waals surface area contributed by atoms with E-state index >= 15 is 0 Å². The van der Waals surface area contributed by atoms with Crippen LogP contribution in [0.15, 0.2) is 54.9 Å². The van der Waals surface area contributed by atoms with E-state index in [4.69, 9.17) is 0 Å². The van der Waals surface area contributed by atoms with Gasteiger partial charge in [0.15, 0.2) is 0 Å². The number of aromatic amines is 1. The number of carbonyl (C=O) groups excluding carboxylic acids is 2. The van der Waals surface area contributed by atoms with Crippen LogP contribution in [0.2, 0.25) is 0 Å². The largest absolute Gasteiger partial charge is 0.339 e. The van der Waals surface area contributed by atoms with Crippen LogP contribution in [0.25, 0.3) is 11.1 Å². The Kier molecular flexibility index (Phi) is 6.87. The summed E-state index contributed by atoms with van der Waals surface area (Å²) in [7, 11) is 0. The number of amides is 2. The van der Waals surface area contributed by atoms with Crippen molar-refractivity contribution in [3.63, 3.8) is 0 Å². The first kappa shape index (κ1) is 22.7. The number of hydrogen-bond donors (Lipinski definition) is 1. The molecule has 0 aliphatic carbocycles. The Balaban J connectivity index is 1.67. The Bertz CT molecular complexity index is 1110. The first-order valence-electron chi connectivity index (χ1n) is 11.6. The van der Waals surface area contributed by atoms with E-state index in [9.17, 15) is 9.59 Å². The molecule has 1 saturated heterocycles. The second-order valence-electron chi connectivity index (χ2n) is 8.81. The molecule has 2 amide bonds. The van der Waals surface area contributed by atoms with Crippen LogP contribution < -0.4 is 0 Å². The van der Waals surface area contributed by atoms with Crippen LogP contribution in [0.5, 0.6) is 0 Å². The third-order valence-electron chi connectivity index (χ3n) is 6.18. The number of carbonyl (C=O) groups is 2. The van der Waals surface area contributed by atoms with Gasteiger partial charge in [0.2, 0.25) is 5.91 Å². The van der Waals surface area contributed by atoms with E-state index in [1.54, 1.807) is 17.2 Å². The van der Waals surface area contributed by atoms with E-state index in [2.05, 4.69) is 22.1 Å². The maximum Gasteiger partial charge on any atom is 0.275 e. The zero-order valence-corrected chi connectivity index (χ0v) is 19.5. The van der Waals surface area contributed by atoms with Gasteiger partial charge in [0.1, 0.15) is 11.7 Å². The topological polar surface area (TPSA) is 82.2 Å².